The zero-order valence-electron chi connectivity index (χ0n) is 7.49. The number of carboxylic acid groups (broad SMARTS) is 1. The SMILES string of the molecule is Cn1c(C(=O)O)cc2ccc(F)cc21. The number of hydrogen-bond donors (Lipinski definition) is 1. The van der Waals surface area contributed by atoms with Crippen LogP contribution < -0.4 is 0 Å². The third kappa shape index (κ3) is 1.16. The Morgan fingerprint density at radius 3 is 2.79 bits per heavy atom. The average Bonchev–Trinajstić information content (AvgIpc) is 2.44. The van der Waals surface area contributed by atoms with Crippen LogP contribution in [0.1, 0.15) is 10.5 Å². The van der Waals surface area contributed by atoms with E-state index in [1.54, 1.807) is 13.1 Å². The Morgan fingerprint density at radius 1 is 1.43 bits per heavy atom. The quantitative estimate of drug-likeness (QED) is 0.752. The summed E-state index contributed by atoms with van der Waals surface area (Å²) in [7, 11) is 1.60. The second-order valence-corrected chi connectivity index (χ2v) is 3.10. The lowest BCUT2D eigenvalue weighted by atomic mass is 10.2. The molecule has 14 heavy (non-hydrogen) atoms. The summed E-state index contributed by atoms with van der Waals surface area (Å²) in [5, 5.41) is 9.55. The highest BCUT2D eigenvalue weighted by molar-refractivity contribution is 5.94. The van der Waals surface area contributed by atoms with Crippen LogP contribution in [-0.2, 0) is 7.05 Å². The molecule has 0 fully saturated rings. The Bertz CT molecular complexity index is 516. The standard InChI is InChI=1S/C10H8FNO2/c1-12-8-5-7(11)3-2-6(8)4-9(12)10(13)14/h2-5H,1H3,(H,13,14). The molecule has 0 radical (unpaired) electrons. The van der Waals surface area contributed by atoms with E-state index in [-0.39, 0.29) is 11.5 Å². The van der Waals surface area contributed by atoms with E-state index in [0.29, 0.717) is 5.52 Å². The third-order valence-corrected chi connectivity index (χ3v) is 2.23. The van der Waals surface area contributed by atoms with Crippen LogP contribution in [0, 0.1) is 5.82 Å². The molecule has 0 aliphatic rings. The van der Waals surface area contributed by atoms with Gasteiger partial charge in [0.05, 0.1) is 5.52 Å². The number of carbonyl (C=O) groups is 1. The van der Waals surface area contributed by atoms with Gasteiger partial charge in [-0.15, -0.1) is 0 Å². The summed E-state index contributed by atoms with van der Waals surface area (Å²) in [6, 6.07) is 5.73. The van der Waals surface area contributed by atoms with E-state index in [2.05, 4.69) is 0 Å². The molecule has 2 rings (SSSR count). The first kappa shape index (κ1) is 8.74. The predicted molar refractivity (Wildman–Crippen MR) is 49.8 cm³/mol. The average molecular weight is 193 g/mol. The highest BCUT2D eigenvalue weighted by Crippen LogP contribution is 2.19. The number of rotatable bonds is 1. The molecular weight excluding hydrogens is 185 g/mol. The van der Waals surface area contributed by atoms with Crippen molar-refractivity contribution in [3.05, 3.63) is 35.8 Å². The summed E-state index contributed by atoms with van der Waals surface area (Å²) in [6.07, 6.45) is 0. The van der Waals surface area contributed by atoms with Crippen molar-refractivity contribution in [2.24, 2.45) is 7.05 Å². The first-order valence-electron chi connectivity index (χ1n) is 4.08. The molecule has 0 aliphatic heterocycles. The van der Waals surface area contributed by atoms with Crippen molar-refractivity contribution in [3.63, 3.8) is 0 Å². The van der Waals surface area contributed by atoms with Gasteiger partial charge in [0.15, 0.2) is 0 Å². The van der Waals surface area contributed by atoms with E-state index in [1.807, 2.05) is 0 Å². The van der Waals surface area contributed by atoms with Gasteiger partial charge in [-0.3, -0.25) is 0 Å². The van der Waals surface area contributed by atoms with Gasteiger partial charge in [-0.25, -0.2) is 9.18 Å². The molecule has 1 aromatic carbocycles. The molecule has 4 heteroatoms. The maximum atomic E-state index is 12.9. The number of hydrogen-bond acceptors (Lipinski definition) is 1. The maximum Gasteiger partial charge on any atom is 0.352 e. The Labute approximate surface area is 79.4 Å². The van der Waals surface area contributed by atoms with Crippen molar-refractivity contribution in [2.45, 2.75) is 0 Å². The molecule has 0 saturated carbocycles. The zero-order valence-corrected chi connectivity index (χ0v) is 7.49. The van der Waals surface area contributed by atoms with E-state index >= 15 is 0 Å². The zero-order chi connectivity index (χ0) is 10.3. The molecule has 1 aromatic heterocycles. The molecule has 2 aromatic rings. The van der Waals surface area contributed by atoms with Crippen molar-refractivity contribution >= 4 is 16.9 Å². The Kier molecular flexibility index (Phi) is 1.77. The molecule has 0 bridgehead atoms. The Morgan fingerprint density at radius 2 is 2.14 bits per heavy atom. The molecule has 0 saturated heterocycles. The van der Waals surface area contributed by atoms with Crippen LogP contribution in [0.15, 0.2) is 24.3 Å². The molecule has 1 N–H and O–H groups in total. The van der Waals surface area contributed by atoms with Crippen molar-refractivity contribution in [3.8, 4) is 0 Å². The van der Waals surface area contributed by atoms with E-state index in [1.165, 1.54) is 22.8 Å². The molecular formula is C10H8FNO2. The van der Waals surface area contributed by atoms with Crippen molar-refractivity contribution in [1.29, 1.82) is 0 Å². The number of fused-ring (bicyclic) bond motifs is 1. The third-order valence-electron chi connectivity index (χ3n) is 2.23. The predicted octanol–water partition coefficient (Wildman–Crippen LogP) is 2.02. The summed E-state index contributed by atoms with van der Waals surface area (Å²) < 4.78 is 14.3. The first-order valence-corrected chi connectivity index (χ1v) is 4.08. The Balaban J connectivity index is 2.80. The number of aromatic carboxylic acids is 1. The lowest BCUT2D eigenvalue weighted by molar-refractivity contribution is 0.0687. The monoisotopic (exact) mass is 193 g/mol. The second kappa shape index (κ2) is 2.83. The van der Waals surface area contributed by atoms with E-state index in [0.717, 1.165) is 5.39 Å². The molecule has 0 amide bonds. The van der Waals surface area contributed by atoms with Gasteiger partial charge in [0.25, 0.3) is 0 Å². The van der Waals surface area contributed by atoms with Crippen molar-refractivity contribution in [2.75, 3.05) is 0 Å². The molecule has 1 heterocycles. The largest absolute Gasteiger partial charge is 0.477 e. The minimum atomic E-state index is -1.01. The summed E-state index contributed by atoms with van der Waals surface area (Å²) in [5.41, 5.74) is 0.744. The lowest BCUT2D eigenvalue weighted by Crippen LogP contribution is -2.03. The molecule has 3 nitrogen and oxygen atoms in total. The van der Waals surface area contributed by atoms with Gasteiger partial charge >= 0.3 is 5.97 Å². The Hall–Kier alpha value is -1.84. The fraction of sp³-hybridized carbons (Fsp3) is 0.100. The van der Waals surface area contributed by atoms with Gasteiger partial charge in [-0.05, 0) is 24.3 Å². The number of halogens is 1. The minimum Gasteiger partial charge on any atom is -0.477 e. The number of carboxylic acids is 1. The number of aromatic nitrogens is 1. The second-order valence-electron chi connectivity index (χ2n) is 3.10. The lowest BCUT2D eigenvalue weighted by Gasteiger charge is -1.98. The molecule has 0 spiro atoms. The number of nitrogens with zero attached hydrogens (tertiary/aromatic N) is 1. The number of benzene rings is 1. The van der Waals surface area contributed by atoms with Crippen molar-refractivity contribution in [1.82, 2.24) is 4.57 Å². The van der Waals surface area contributed by atoms with Crippen LogP contribution in [0.3, 0.4) is 0 Å². The fourth-order valence-corrected chi connectivity index (χ4v) is 1.51. The summed E-state index contributed by atoms with van der Waals surface area (Å²) in [5.74, 6) is -1.38. The normalized spacial score (nSPS) is 10.7. The molecule has 0 unspecified atom stereocenters. The van der Waals surface area contributed by atoms with Crippen LogP contribution >= 0.6 is 0 Å². The van der Waals surface area contributed by atoms with Crippen LogP contribution in [0.2, 0.25) is 0 Å². The maximum absolute atomic E-state index is 12.9. The van der Waals surface area contributed by atoms with E-state index in [4.69, 9.17) is 5.11 Å². The minimum absolute atomic E-state index is 0.158. The molecule has 0 aliphatic carbocycles. The van der Waals surface area contributed by atoms with Crippen LogP contribution in [0.5, 0.6) is 0 Å². The van der Waals surface area contributed by atoms with Crippen LogP contribution in [0.4, 0.5) is 4.39 Å². The first-order chi connectivity index (χ1) is 6.59. The van der Waals surface area contributed by atoms with Gasteiger partial charge in [0.1, 0.15) is 11.5 Å². The topological polar surface area (TPSA) is 42.2 Å². The smallest absolute Gasteiger partial charge is 0.352 e. The van der Waals surface area contributed by atoms with Gasteiger partial charge in [-0.2, -0.15) is 0 Å². The summed E-state index contributed by atoms with van der Waals surface area (Å²) >= 11 is 0. The number of aryl methyl sites for hydroxylation is 1. The van der Waals surface area contributed by atoms with E-state index in [9.17, 15) is 9.18 Å². The highest BCUT2D eigenvalue weighted by Gasteiger charge is 2.11. The van der Waals surface area contributed by atoms with Gasteiger partial charge in [-0.1, -0.05) is 0 Å². The van der Waals surface area contributed by atoms with Gasteiger partial charge in [0, 0.05) is 12.4 Å². The van der Waals surface area contributed by atoms with E-state index < -0.39 is 5.97 Å². The van der Waals surface area contributed by atoms with Gasteiger partial charge < -0.3 is 9.67 Å². The highest BCUT2D eigenvalue weighted by atomic mass is 19.1. The van der Waals surface area contributed by atoms with Crippen LogP contribution in [-0.4, -0.2) is 15.6 Å². The van der Waals surface area contributed by atoms with Crippen LogP contribution in [0.25, 0.3) is 10.9 Å². The fourth-order valence-electron chi connectivity index (χ4n) is 1.51. The summed E-state index contributed by atoms with van der Waals surface area (Å²) in [4.78, 5) is 10.8. The summed E-state index contributed by atoms with van der Waals surface area (Å²) in [6.45, 7) is 0. The molecule has 0 atom stereocenters. The van der Waals surface area contributed by atoms with Gasteiger partial charge in [0.2, 0.25) is 0 Å². The molecule has 72 valence electrons. The van der Waals surface area contributed by atoms with Crippen molar-refractivity contribution < 1.29 is 14.3 Å².